The van der Waals surface area contributed by atoms with Gasteiger partial charge in [-0.2, -0.15) is 0 Å². The van der Waals surface area contributed by atoms with E-state index in [0.717, 1.165) is 25.5 Å². The Morgan fingerprint density at radius 1 is 0.854 bits per heavy atom. The van der Waals surface area contributed by atoms with Crippen LogP contribution in [0.15, 0.2) is 106 Å². The number of carbonyl (C=O) groups excluding carboxylic acids is 2. The van der Waals surface area contributed by atoms with Gasteiger partial charge in [-0.05, 0) is 67.8 Å². The molecule has 0 aromatic heterocycles. The molecule has 0 saturated carbocycles. The number of amides is 2. The summed E-state index contributed by atoms with van der Waals surface area (Å²) in [4.78, 5) is 30.0. The van der Waals surface area contributed by atoms with Crippen LogP contribution >= 0.6 is 15.9 Å². The normalized spacial score (nSPS) is 12.5. The van der Waals surface area contributed by atoms with Crippen molar-refractivity contribution in [3.05, 3.63) is 118 Å². The molecule has 2 atom stereocenters. The summed E-state index contributed by atoms with van der Waals surface area (Å²) in [6, 6.07) is 27.1. The molecule has 0 saturated heterocycles. The molecule has 9 nitrogen and oxygen atoms in total. The van der Waals surface area contributed by atoms with Crippen LogP contribution in [0.25, 0.3) is 0 Å². The van der Waals surface area contributed by atoms with E-state index in [1.54, 1.807) is 24.3 Å². The summed E-state index contributed by atoms with van der Waals surface area (Å²) in [7, 11) is -1.43. The molecule has 0 unspecified atom stereocenters. The lowest BCUT2D eigenvalue weighted by atomic mass is 10.0. The van der Waals surface area contributed by atoms with E-state index in [1.165, 1.54) is 37.3 Å². The molecule has 0 radical (unpaired) electrons. The zero-order chi connectivity index (χ0) is 34.8. The first-order valence-corrected chi connectivity index (χ1v) is 17.9. The second-order valence-corrected chi connectivity index (χ2v) is 14.3. The lowest BCUT2D eigenvalue weighted by molar-refractivity contribution is -0.140. The third kappa shape index (κ3) is 9.17. The second kappa shape index (κ2) is 16.7. The molecule has 0 aliphatic heterocycles. The van der Waals surface area contributed by atoms with Crippen LogP contribution in [0, 0.1) is 6.92 Å². The molecule has 0 heterocycles. The number of nitrogens with zero attached hydrogens (tertiary/aromatic N) is 2. The van der Waals surface area contributed by atoms with Crippen molar-refractivity contribution in [2.45, 2.75) is 57.1 Å². The summed E-state index contributed by atoms with van der Waals surface area (Å²) < 4.78 is 41.4. The molecular formula is C37H42BrN3O6S. The molecule has 4 rings (SSSR count). The molecule has 0 aliphatic rings. The van der Waals surface area contributed by atoms with Crippen molar-refractivity contribution >= 4 is 43.5 Å². The van der Waals surface area contributed by atoms with Gasteiger partial charge in [-0.25, -0.2) is 8.42 Å². The largest absolute Gasteiger partial charge is 0.493 e. The van der Waals surface area contributed by atoms with Gasteiger partial charge in [0.2, 0.25) is 11.8 Å². The maximum Gasteiger partial charge on any atom is 0.264 e. The summed E-state index contributed by atoms with van der Waals surface area (Å²) in [6.45, 7) is 5.30. The zero-order valence-corrected chi connectivity index (χ0v) is 30.3. The minimum absolute atomic E-state index is 0.0791. The fourth-order valence-corrected chi connectivity index (χ4v) is 6.82. The molecule has 254 valence electrons. The molecule has 0 bridgehead atoms. The van der Waals surface area contributed by atoms with Crippen LogP contribution in [0.1, 0.15) is 37.0 Å². The van der Waals surface area contributed by atoms with Crippen molar-refractivity contribution in [1.82, 2.24) is 10.2 Å². The monoisotopic (exact) mass is 735 g/mol. The van der Waals surface area contributed by atoms with Crippen LogP contribution in [-0.4, -0.2) is 58.0 Å². The van der Waals surface area contributed by atoms with E-state index in [4.69, 9.17) is 9.47 Å². The quantitative estimate of drug-likeness (QED) is 0.149. The van der Waals surface area contributed by atoms with Crippen LogP contribution in [0.2, 0.25) is 0 Å². The topological polar surface area (TPSA) is 105 Å². The maximum absolute atomic E-state index is 14.6. The number of halogens is 1. The Morgan fingerprint density at radius 2 is 1.50 bits per heavy atom. The summed E-state index contributed by atoms with van der Waals surface area (Å²) in [5.41, 5.74) is 2.88. The van der Waals surface area contributed by atoms with Crippen molar-refractivity contribution in [1.29, 1.82) is 0 Å². The van der Waals surface area contributed by atoms with E-state index in [1.807, 2.05) is 75.4 Å². The number of aryl methyl sites for hydroxylation is 1. The van der Waals surface area contributed by atoms with Gasteiger partial charge in [0.15, 0.2) is 11.5 Å². The number of hydrogen-bond donors (Lipinski definition) is 1. The Kier molecular flexibility index (Phi) is 12.7. The predicted molar refractivity (Wildman–Crippen MR) is 192 cm³/mol. The van der Waals surface area contributed by atoms with Gasteiger partial charge in [0.1, 0.15) is 12.6 Å². The lowest BCUT2D eigenvalue weighted by Crippen LogP contribution is -2.54. The highest BCUT2D eigenvalue weighted by Gasteiger charge is 2.35. The maximum atomic E-state index is 14.6. The number of benzene rings is 4. The van der Waals surface area contributed by atoms with Gasteiger partial charge in [0, 0.05) is 29.5 Å². The van der Waals surface area contributed by atoms with Gasteiger partial charge in [-0.3, -0.25) is 13.9 Å². The first-order chi connectivity index (χ1) is 23.0. The summed E-state index contributed by atoms with van der Waals surface area (Å²) in [5.74, 6) is -0.257. The zero-order valence-electron chi connectivity index (χ0n) is 27.9. The van der Waals surface area contributed by atoms with Crippen LogP contribution in [0.3, 0.4) is 0 Å². The van der Waals surface area contributed by atoms with Gasteiger partial charge >= 0.3 is 0 Å². The number of nitrogens with one attached hydrogen (secondary N) is 1. The van der Waals surface area contributed by atoms with Crippen molar-refractivity contribution in [2.24, 2.45) is 0 Å². The molecular weight excluding hydrogens is 694 g/mol. The minimum atomic E-state index is -4.32. The molecule has 1 N–H and O–H groups in total. The van der Waals surface area contributed by atoms with Gasteiger partial charge in [0.05, 0.1) is 24.8 Å². The SMILES string of the molecule is CC[C@H](C)NC(=O)[C@H](Cc1ccccc1)N(Cc1ccc(Br)cc1)C(=O)CN(c1ccc(C)cc1)S(=O)(=O)c1ccc(OC)c(OC)c1. The van der Waals surface area contributed by atoms with Crippen molar-refractivity contribution in [3.8, 4) is 11.5 Å². The third-order valence-electron chi connectivity index (χ3n) is 8.08. The second-order valence-electron chi connectivity index (χ2n) is 11.5. The Labute approximate surface area is 292 Å². The van der Waals surface area contributed by atoms with Crippen LogP contribution < -0.4 is 19.1 Å². The number of hydrogen-bond acceptors (Lipinski definition) is 6. The summed E-state index contributed by atoms with van der Waals surface area (Å²) in [6.07, 6.45) is 0.938. The van der Waals surface area contributed by atoms with Crippen LogP contribution in [0.4, 0.5) is 5.69 Å². The van der Waals surface area contributed by atoms with Crippen LogP contribution in [0.5, 0.6) is 11.5 Å². The number of sulfonamides is 1. The Balaban J connectivity index is 1.82. The fourth-order valence-electron chi connectivity index (χ4n) is 5.13. The number of ether oxygens (including phenoxy) is 2. The average molecular weight is 737 g/mol. The minimum Gasteiger partial charge on any atom is -0.493 e. The van der Waals surface area contributed by atoms with Crippen molar-refractivity contribution in [2.75, 3.05) is 25.1 Å². The van der Waals surface area contributed by atoms with E-state index < -0.39 is 28.5 Å². The molecule has 0 spiro atoms. The highest BCUT2D eigenvalue weighted by atomic mass is 79.9. The van der Waals surface area contributed by atoms with Gasteiger partial charge < -0.3 is 19.7 Å². The van der Waals surface area contributed by atoms with E-state index >= 15 is 0 Å². The number of rotatable bonds is 15. The van der Waals surface area contributed by atoms with Gasteiger partial charge in [0.25, 0.3) is 10.0 Å². The Morgan fingerprint density at radius 3 is 2.10 bits per heavy atom. The highest BCUT2D eigenvalue weighted by molar-refractivity contribution is 9.10. The number of anilines is 1. The van der Waals surface area contributed by atoms with Crippen molar-refractivity contribution < 1.29 is 27.5 Å². The standard InChI is InChI=1S/C37H42BrN3O6S/c1-6-27(3)39-37(43)33(22-28-10-8-7-9-11-28)40(24-29-14-16-30(38)17-15-29)36(42)25-41(31-18-12-26(2)13-19-31)48(44,45)32-20-21-34(46-4)35(23-32)47-5/h7-21,23,27,33H,6,22,24-25H2,1-5H3,(H,39,43)/t27-,33-/m0/s1. The Hall–Kier alpha value is -4.35. The first kappa shape index (κ1) is 36.5. The molecule has 4 aromatic carbocycles. The fraction of sp³-hybridized carbons (Fsp3) is 0.297. The van der Waals surface area contributed by atoms with Gasteiger partial charge in [-0.1, -0.05) is 83.0 Å². The number of carbonyl (C=O) groups is 2. The molecule has 0 aliphatic carbocycles. The molecule has 11 heteroatoms. The van der Waals surface area contributed by atoms with Crippen LogP contribution in [-0.2, 0) is 32.6 Å². The molecule has 0 fully saturated rings. The van der Waals surface area contributed by atoms with Crippen molar-refractivity contribution in [3.63, 3.8) is 0 Å². The summed E-state index contributed by atoms with van der Waals surface area (Å²) in [5, 5.41) is 3.05. The Bertz CT molecular complexity index is 1780. The molecule has 4 aromatic rings. The first-order valence-electron chi connectivity index (χ1n) is 15.7. The summed E-state index contributed by atoms with van der Waals surface area (Å²) >= 11 is 3.46. The lowest BCUT2D eigenvalue weighted by Gasteiger charge is -2.34. The van der Waals surface area contributed by atoms with E-state index in [2.05, 4.69) is 21.2 Å². The third-order valence-corrected chi connectivity index (χ3v) is 10.4. The van der Waals surface area contributed by atoms with Gasteiger partial charge in [-0.15, -0.1) is 0 Å². The smallest absolute Gasteiger partial charge is 0.264 e. The average Bonchev–Trinajstić information content (AvgIpc) is 3.09. The highest BCUT2D eigenvalue weighted by Crippen LogP contribution is 2.32. The molecule has 48 heavy (non-hydrogen) atoms. The predicted octanol–water partition coefficient (Wildman–Crippen LogP) is 6.52. The van der Waals surface area contributed by atoms with E-state index in [9.17, 15) is 18.0 Å². The molecule has 2 amide bonds. The number of methoxy groups -OCH3 is 2. The van der Waals surface area contributed by atoms with E-state index in [0.29, 0.717) is 17.9 Å². The van der Waals surface area contributed by atoms with E-state index in [-0.39, 0.29) is 35.6 Å².